The molecule has 0 aromatic rings. The SMILES string of the molecule is CC(C)CCC1(C)C(C)C1C. The van der Waals surface area contributed by atoms with E-state index in [1.165, 1.54) is 12.8 Å². The first kappa shape index (κ1) is 9.09. The minimum Gasteiger partial charge on any atom is -0.0628 e. The summed E-state index contributed by atoms with van der Waals surface area (Å²) in [6.07, 6.45) is 2.85. The van der Waals surface area contributed by atoms with Crippen LogP contribution in [0.3, 0.4) is 0 Å². The molecule has 0 N–H and O–H groups in total. The van der Waals surface area contributed by atoms with E-state index in [0.29, 0.717) is 5.41 Å². The highest BCUT2D eigenvalue weighted by Gasteiger charge is 2.54. The molecule has 0 radical (unpaired) electrons. The molecule has 0 saturated heterocycles. The molecule has 2 atom stereocenters. The molecule has 2 unspecified atom stereocenters. The Bertz CT molecular complexity index is 127. The molecule has 1 saturated carbocycles. The highest BCUT2D eigenvalue weighted by molar-refractivity contribution is 5.02. The van der Waals surface area contributed by atoms with Crippen LogP contribution in [0, 0.1) is 23.2 Å². The van der Waals surface area contributed by atoms with Crippen LogP contribution in [0.2, 0.25) is 0 Å². The molecule has 0 aliphatic heterocycles. The van der Waals surface area contributed by atoms with E-state index in [9.17, 15) is 0 Å². The van der Waals surface area contributed by atoms with Crippen molar-refractivity contribution in [2.24, 2.45) is 23.2 Å². The van der Waals surface area contributed by atoms with Gasteiger partial charge in [0.15, 0.2) is 0 Å². The van der Waals surface area contributed by atoms with Gasteiger partial charge >= 0.3 is 0 Å². The van der Waals surface area contributed by atoms with Gasteiger partial charge in [-0.05, 0) is 29.6 Å². The minimum absolute atomic E-state index is 0.699. The van der Waals surface area contributed by atoms with Crippen LogP contribution in [0.25, 0.3) is 0 Å². The van der Waals surface area contributed by atoms with Gasteiger partial charge in [0.2, 0.25) is 0 Å². The van der Waals surface area contributed by atoms with Crippen LogP contribution >= 0.6 is 0 Å². The molecule has 11 heavy (non-hydrogen) atoms. The topological polar surface area (TPSA) is 0 Å². The fourth-order valence-corrected chi connectivity index (χ4v) is 2.13. The maximum atomic E-state index is 2.45. The standard InChI is InChI=1S/C11H22/c1-8(2)6-7-11(5)9(3)10(11)4/h8-10H,6-7H2,1-5H3. The average molecular weight is 154 g/mol. The van der Waals surface area contributed by atoms with Crippen molar-refractivity contribution < 1.29 is 0 Å². The fourth-order valence-electron chi connectivity index (χ4n) is 2.13. The highest BCUT2D eigenvalue weighted by atomic mass is 14.6. The van der Waals surface area contributed by atoms with Gasteiger partial charge < -0.3 is 0 Å². The quantitative estimate of drug-likeness (QED) is 0.581. The second-order valence-electron chi connectivity index (χ2n) is 5.02. The Balaban J connectivity index is 2.28. The summed E-state index contributed by atoms with van der Waals surface area (Å²) < 4.78 is 0. The average Bonchev–Trinajstić information content (AvgIpc) is 2.38. The van der Waals surface area contributed by atoms with Gasteiger partial charge in [0.05, 0.1) is 0 Å². The van der Waals surface area contributed by atoms with Crippen LogP contribution in [0.1, 0.15) is 47.5 Å². The van der Waals surface area contributed by atoms with Crippen LogP contribution < -0.4 is 0 Å². The van der Waals surface area contributed by atoms with Crippen molar-refractivity contribution in [3.63, 3.8) is 0 Å². The van der Waals surface area contributed by atoms with Crippen molar-refractivity contribution in [1.29, 1.82) is 0 Å². The summed E-state index contributed by atoms with van der Waals surface area (Å²) in [5, 5.41) is 0. The Labute approximate surface area is 71.4 Å². The lowest BCUT2D eigenvalue weighted by Crippen LogP contribution is -2.00. The van der Waals surface area contributed by atoms with E-state index < -0.39 is 0 Å². The van der Waals surface area contributed by atoms with Gasteiger partial charge in [0.25, 0.3) is 0 Å². The number of hydrogen-bond donors (Lipinski definition) is 0. The van der Waals surface area contributed by atoms with E-state index in [-0.39, 0.29) is 0 Å². The van der Waals surface area contributed by atoms with Gasteiger partial charge in [-0.3, -0.25) is 0 Å². The van der Waals surface area contributed by atoms with Crippen molar-refractivity contribution >= 4 is 0 Å². The zero-order valence-electron chi connectivity index (χ0n) is 8.65. The Hall–Kier alpha value is 0. The molecule has 66 valence electrons. The van der Waals surface area contributed by atoms with Crippen LogP contribution in [0.4, 0.5) is 0 Å². The van der Waals surface area contributed by atoms with Gasteiger partial charge in [-0.1, -0.05) is 41.0 Å². The van der Waals surface area contributed by atoms with Gasteiger partial charge in [0, 0.05) is 0 Å². The molecule has 1 rings (SSSR count). The molecule has 0 spiro atoms. The zero-order valence-corrected chi connectivity index (χ0v) is 8.65. The van der Waals surface area contributed by atoms with E-state index in [1.54, 1.807) is 0 Å². The van der Waals surface area contributed by atoms with Crippen LogP contribution in [0.5, 0.6) is 0 Å². The zero-order chi connectivity index (χ0) is 8.65. The lowest BCUT2D eigenvalue weighted by molar-refractivity contribution is 0.394. The number of hydrogen-bond acceptors (Lipinski definition) is 0. The van der Waals surface area contributed by atoms with E-state index in [1.807, 2.05) is 0 Å². The molecule has 0 amide bonds. The monoisotopic (exact) mass is 154 g/mol. The molecule has 1 aliphatic rings. The Morgan fingerprint density at radius 2 is 1.64 bits per heavy atom. The molecule has 0 nitrogen and oxygen atoms in total. The van der Waals surface area contributed by atoms with E-state index in [4.69, 9.17) is 0 Å². The smallest absolute Gasteiger partial charge is 0.0269 e. The van der Waals surface area contributed by atoms with E-state index in [2.05, 4.69) is 34.6 Å². The van der Waals surface area contributed by atoms with Gasteiger partial charge in [-0.15, -0.1) is 0 Å². The molecule has 0 bridgehead atoms. The summed E-state index contributed by atoms with van der Waals surface area (Å²) >= 11 is 0. The van der Waals surface area contributed by atoms with Crippen LogP contribution in [0.15, 0.2) is 0 Å². The molecule has 0 aromatic heterocycles. The third-order valence-electron chi connectivity index (χ3n) is 3.98. The summed E-state index contributed by atoms with van der Waals surface area (Å²) in [4.78, 5) is 0. The maximum absolute atomic E-state index is 2.45. The van der Waals surface area contributed by atoms with Gasteiger partial charge in [-0.25, -0.2) is 0 Å². The first-order valence-electron chi connectivity index (χ1n) is 4.98. The molecule has 1 aliphatic carbocycles. The summed E-state index contributed by atoms with van der Waals surface area (Å²) in [6.45, 7) is 11.9. The largest absolute Gasteiger partial charge is 0.0628 e. The Morgan fingerprint density at radius 1 is 1.18 bits per heavy atom. The molecule has 0 heterocycles. The molecule has 0 aromatic carbocycles. The first-order chi connectivity index (χ1) is 4.98. The maximum Gasteiger partial charge on any atom is -0.0269 e. The molecule has 1 fully saturated rings. The Morgan fingerprint density at radius 3 is 1.91 bits per heavy atom. The normalized spacial score (nSPS) is 43.1. The fraction of sp³-hybridized carbons (Fsp3) is 1.00. The van der Waals surface area contributed by atoms with E-state index in [0.717, 1.165) is 17.8 Å². The molecular weight excluding hydrogens is 132 g/mol. The van der Waals surface area contributed by atoms with Gasteiger partial charge in [-0.2, -0.15) is 0 Å². The molecule has 0 heteroatoms. The minimum atomic E-state index is 0.699. The predicted octanol–water partition coefficient (Wildman–Crippen LogP) is 3.71. The summed E-state index contributed by atoms with van der Waals surface area (Å²) in [5.74, 6) is 2.83. The highest BCUT2D eigenvalue weighted by Crippen LogP contribution is 2.60. The van der Waals surface area contributed by atoms with Crippen LogP contribution in [-0.4, -0.2) is 0 Å². The van der Waals surface area contributed by atoms with Crippen molar-refractivity contribution in [2.45, 2.75) is 47.5 Å². The van der Waals surface area contributed by atoms with Crippen molar-refractivity contribution in [1.82, 2.24) is 0 Å². The summed E-state index contributed by atoms with van der Waals surface area (Å²) in [7, 11) is 0. The number of rotatable bonds is 3. The van der Waals surface area contributed by atoms with E-state index >= 15 is 0 Å². The second kappa shape index (κ2) is 2.80. The van der Waals surface area contributed by atoms with Crippen molar-refractivity contribution in [3.8, 4) is 0 Å². The van der Waals surface area contributed by atoms with Gasteiger partial charge in [0.1, 0.15) is 0 Å². The summed E-state index contributed by atoms with van der Waals surface area (Å²) in [6, 6.07) is 0. The second-order valence-corrected chi connectivity index (χ2v) is 5.02. The third kappa shape index (κ3) is 1.60. The lowest BCUT2D eigenvalue weighted by Gasteiger charge is -2.12. The summed E-state index contributed by atoms with van der Waals surface area (Å²) in [5.41, 5.74) is 0.699. The predicted molar refractivity (Wildman–Crippen MR) is 50.5 cm³/mol. The van der Waals surface area contributed by atoms with Crippen LogP contribution in [-0.2, 0) is 0 Å². The Kier molecular flexibility index (Phi) is 2.32. The van der Waals surface area contributed by atoms with Crippen molar-refractivity contribution in [2.75, 3.05) is 0 Å². The third-order valence-corrected chi connectivity index (χ3v) is 3.98. The first-order valence-corrected chi connectivity index (χ1v) is 4.98. The lowest BCUT2D eigenvalue weighted by atomic mass is 9.94. The van der Waals surface area contributed by atoms with Crippen molar-refractivity contribution in [3.05, 3.63) is 0 Å². The molecular formula is C11H22.